The number of aliphatic hydroxyl groups is 2. The second kappa shape index (κ2) is 41.7. The van der Waals surface area contributed by atoms with E-state index in [1.807, 2.05) is 0 Å². The molecule has 0 heterocycles. The van der Waals surface area contributed by atoms with Gasteiger partial charge in [-0.15, -0.1) is 0 Å². The summed E-state index contributed by atoms with van der Waals surface area (Å²) in [6.07, 6.45) is 50.0. The van der Waals surface area contributed by atoms with Gasteiger partial charge in [-0.2, -0.15) is 0 Å². The van der Waals surface area contributed by atoms with Crippen molar-refractivity contribution in [1.29, 1.82) is 0 Å². The highest BCUT2D eigenvalue weighted by atomic mass is 16.5. The number of ether oxygens (including phenoxy) is 1. The summed E-state index contributed by atoms with van der Waals surface area (Å²) in [7, 11) is 0. The molecule has 0 saturated carbocycles. The third-order valence-corrected chi connectivity index (χ3v) is 9.82. The van der Waals surface area contributed by atoms with Gasteiger partial charge in [0.15, 0.2) is 0 Å². The maximum Gasteiger partial charge on any atom is 0.306 e. The van der Waals surface area contributed by atoms with Gasteiger partial charge in [-0.1, -0.05) is 171 Å². The summed E-state index contributed by atoms with van der Waals surface area (Å²) in [5, 5.41) is 23.5. The number of hydrogen-bond donors (Lipinski definition) is 3. The Labute approximate surface area is 333 Å². The molecule has 3 atom stereocenters. The van der Waals surface area contributed by atoms with Gasteiger partial charge in [-0.3, -0.25) is 9.59 Å². The number of carbonyl (C=O) groups is 2. The SMILES string of the molecule is CCCC/C=C\CCCCCC(CC(=O)NC(CO)C(O)CCCCCCCCCCC)OC(=O)CCC/C=C\C/C=C\C/C=C\C/C=C\CCCCC. The fraction of sp³-hybridized carbons (Fsp3) is 0.750. The van der Waals surface area contributed by atoms with Crippen LogP contribution in [0.4, 0.5) is 0 Å². The van der Waals surface area contributed by atoms with Crippen LogP contribution in [-0.2, 0) is 14.3 Å². The van der Waals surface area contributed by atoms with Crippen LogP contribution >= 0.6 is 0 Å². The summed E-state index contributed by atoms with van der Waals surface area (Å²) in [4.78, 5) is 25.9. The number of unbranched alkanes of at least 4 members (excludes halogenated alkanes) is 17. The second-order valence-electron chi connectivity index (χ2n) is 15.1. The van der Waals surface area contributed by atoms with Crippen LogP contribution in [0.2, 0.25) is 0 Å². The van der Waals surface area contributed by atoms with Gasteiger partial charge in [-0.25, -0.2) is 0 Å². The molecule has 6 nitrogen and oxygen atoms in total. The lowest BCUT2D eigenvalue weighted by Crippen LogP contribution is -2.46. The lowest BCUT2D eigenvalue weighted by Gasteiger charge is -2.24. The predicted molar refractivity (Wildman–Crippen MR) is 232 cm³/mol. The van der Waals surface area contributed by atoms with Crippen molar-refractivity contribution < 1.29 is 24.5 Å². The van der Waals surface area contributed by atoms with Crippen LogP contribution in [0.3, 0.4) is 0 Å². The molecule has 312 valence electrons. The third kappa shape index (κ3) is 36.5. The Hall–Kier alpha value is -2.44. The molecule has 0 aromatic carbocycles. The summed E-state index contributed by atoms with van der Waals surface area (Å²) in [5.74, 6) is -0.565. The summed E-state index contributed by atoms with van der Waals surface area (Å²) in [6, 6.07) is -0.715. The molecular formula is C48H85NO5. The molecule has 3 N–H and O–H groups in total. The molecule has 0 aliphatic heterocycles. The van der Waals surface area contributed by atoms with Crippen LogP contribution in [-0.4, -0.2) is 46.9 Å². The van der Waals surface area contributed by atoms with Crippen molar-refractivity contribution in [1.82, 2.24) is 5.32 Å². The lowest BCUT2D eigenvalue weighted by atomic mass is 10.0. The number of rotatable bonds is 39. The Morgan fingerprint density at radius 1 is 0.537 bits per heavy atom. The van der Waals surface area contributed by atoms with Gasteiger partial charge in [0.2, 0.25) is 5.91 Å². The molecule has 0 radical (unpaired) electrons. The van der Waals surface area contributed by atoms with Crippen molar-refractivity contribution >= 4 is 11.9 Å². The van der Waals surface area contributed by atoms with Crippen molar-refractivity contribution in [3.05, 3.63) is 60.8 Å². The zero-order chi connectivity index (χ0) is 39.6. The zero-order valence-electron chi connectivity index (χ0n) is 35.3. The van der Waals surface area contributed by atoms with Crippen LogP contribution in [0.1, 0.15) is 207 Å². The molecule has 0 aromatic rings. The molecule has 1 amide bonds. The van der Waals surface area contributed by atoms with E-state index in [1.54, 1.807) is 0 Å². The number of aliphatic hydroxyl groups excluding tert-OH is 2. The highest BCUT2D eigenvalue weighted by Gasteiger charge is 2.24. The zero-order valence-corrected chi connectivity index (χ0v) is 35.3. The summed E-state index contributed by atoms with van der Waals surface area (Å²) >= 11 is 0. The number of nitrogens with one attached hydrogen (secondary N) is 1. The van der Waals surface area contributed by atoms with Crippen LogP contribution in [0.5, 0.6) is 0 Å². The van der Waals surface area contributed by atoms with Crippen LogP contribution in [0.15, 0.2) is 60.8 Å². The first-order chi connectivity index (χ1) is 26.5. The highest BCUT2D eigenvalue weighted by Crippen LogP contribution is 2.16. The molecule has 0 aromatic heterocycles. The predicted octanol–water partition coefficient (Wildman–Crippen LogP) is 12.9. The van der Waals surface area contributed by atoms with Gasteiger partial charge in [0, 0.05) is 6.42 Å². The fourth-order valence-electron chi connectivity index (χ4n) is 6.34. The van der Waals surface area contributed by atoms with Gasteiger partial charge in [0.05, 0.1) is 25.2 Å². The first-order valence-corrected chi connectivity index (χ1v) is 22.5. The van der Waals surface area contributed by atoms with Gasteiger partial charge in [-0.05, 0) is 83.5 Å². The monoisotopic (exact) mass is 756 g/mol. The van der Waals surface area contributed by atoms with E-state index >= 15 is 0 Å². The Kier molecular flexibility index (Phi) is 39.8. The second-order valence-corrected chi connectivity index (χ2v) is 15.1. The molecule has 3 unspecified atom stereocenters. The van der Waals surface area contributed by atoms with Gasteiger partial charge >= 0.3 is 5.97 Å². The van der Waals surface area contributed by atoms with Crippen LogP contribution < -0.4 is 5.32 Å². The third-order valence-electron chi connectivity index (χ3n) is 9.82. The fourth-order valence-corrected chi connectivity index (χ4v) is 6.34. The Morgan fingerprint density at radius 2 is 0.963 bits per heavy atom. The minimum absolute atomic E-state index is 0.0427. The maximum atomic E-state index is 13.1. The molecule has 0 aliphatic rings. The van der Waals surface area contributed by atoms with E-state index < -0.39 is 18.2 Å². The normalized spacial score (nSPS) is 13.9. The highest BCUT2D eigenvalue weighted by molar-refractivity contribution is 5.77. The summed E-state index contributed by atoms with van der Waals surface area (Å²) in [6.45, 7) is 6.35. The lowest BCUT2D eigenvalue weighted by molar-refractivity contribution is -0.151. The topological polar surface area (TPSA) is 95.9 Å². The van der Waals surface area contributed by atoms with E-state index in [4.69, 9.17) is 4.74 Å². The largest absolute Gasteiger partial charge is 0.462 e. The van der Waals surface area contributed by atoms with E-state index in [-0.39, 0.29) is 24.9 Å². The molecule has 0 saturated heterocycles. The standard InChI is InChI=1S/C48H85NO5/c1-4-7-10-13-16-19-20-21-22-23-24-25-26-29-32-35-38-41-48(53)54-44(39-36-33-30-27-17-14-11-8-5-2)42-47(52)49-45(43-50)46(51)40-37-34-31-28-18-15-12-9-6-3/h14,16-17,19,21-22,24-25,29,32,44-46,50-51H,4-13,15,18,20,23,26-28,30-31,33-43H2,1-3H3,(H,49,52)/b17-14-,19-16-,22-21-,25-24-,32-29-. The molecule has 0 fully saturated rings. The van der Waals surface area contributed by atoms with Gasteiger partial charge in [0.25, 0.3) is 0 Å². The minimum Gasteiger partial charge on any atom is -0.462 e. The molecular weight excluding hydrogens is 671 g/mol. The van der Waals surface area contributed by atoms with E-state index in [9.17, 15) is 19.8 Å². The number of carbonyl (C=O) groups excluding carboxylic acids is 2. The number of amides is 1. The number of allylic oxidation sites excluding steroid dienone is 10. The Morgan fingerprint density at radius 3 is 1.54 bits per heavy atom. The smallest absolute Gasteiger partial charge is 0.306 e. The molecule has 0 bridgehead atoms. The summed E-state index contributed by atoms with van der Waals surface area (Å²) < 4.78 is 5.85. The number of hydrogen-bond acceptors (Lipinski definition) is 5. The van der Waals surface area contributed by atoms with E-state index in [1.165, 1.54) is 77.0 Å². The van der Waals surface area contributed by atoms with Gasteiger partial charge in [0.1, 0.15) is 6.10 Å². The summed E-state index contributed by atoms with van der Waals surface area (Å²) in [5.41, 5.74) is 0. The van der Waals surface area contributed by atoms with Gasteiger partial charge < -0.3 is 20.3 Å². The first kappa shape index (κ1) is 51.6. The molecule has 0 spiro atoms. The van der Waals surface area contributed by atoms with Crippen LogP contribution in [0.25, 0.3) is 0 Å². The quantitative estimate of drug-likeness (QED) is 0.0330. The Bertz CT molecular complexity index is 984. The van der Waals surface area contributed by atoms with E-state index in [0.717, 1.165) is 77.0 Å². The van der Waals surface area contributed by atoms with E-state index in [2.05, 4.69) is 86.8 Å². The number of esters is 1. The molecule has 0 rings (SSSR count). The van der Waals surface area contributed by atoms with Crippen molar-refractivity contribution in [3.8, 4) is 0 Å². The van der Waals surface area contributed by atoms with Crippen molar-refractivity contribution in [2.75, 3.05) is 6.61 Å². The van der Waals surface area contributed by atoms with E-state index in [0.29, 0.717) is 25.7 Å². The average Bonchev–Trinajstić information content (AvgIpc) is 3.16. The van der Waals surface area contributed by atoms with Crippen LogP contribution in [0, 0.1) is 0 Å². The Balaban J connectivity index is 4.64. The molecule has 0 aliphatic carbocycles. The minimum atomic E-state index is -0.798. The van der Waals surface area contributed by atoms with Crippen molar-refractivity contribution in [3.63, 3.8) is 0 Å². The molecule has 54 heavy (non-hydrogen) atoms. The van der Waals surface area contributed by atoms with Crippen molar-refractivity contribution in [2.45, 2.75) is 225 Å². The average molecular weight is 756 g/mol. The van der Waals surface area contributed by atoms with Crippen molar-refractivity contribution in [2.24, 2.45) is 0 Å². The first-order valence-electron chi connectivity index (χ1n) is 22.5. The molecule has 6 heteroatoms. The maximum absolute atomic E-state index is 13.1.